The van der Waals surface area contributed by atoms with E-state index in [0.717, 1.165) is 0 Å². The van der Waals surface area contributed by atoms with Gasteiger partial charge in [-0.15, -0.1) is 5.92 Å². The Morgan fingerprint density at radius 1 is 1.36 bits per heavy atom. The molecule has 0 aliphatic carbocycles. The molecule has 0 fully saturated rings. The van der Waals surface area contributed by atoms with Crippen molar-refractivity contribution in [3.63, 3.8) is 0 Å². The molecule has 3 nitrogen and oxygen atoms in total. The number of rotatable bonds is 1. The summed E-state index contributed by atoms with van der Waals surface area (Å²) >= 11 is 0. The summed E-state index contributed by atoms with van der Waals surface area (Å²) < 4.78 is 0. The highest BCUT2D eigenvalue weighted by atomic mass is 16.3. The summed E-state index contributed by atoms with van der Waals surface area (Å²) in [6.45, 7) is 7.26. The molecule has 0 aliphatic heterocycles. The number of hydrogen-bond acceptors (Lipinski definition) is 3. The topological polar surface area (TPSA) is 46.0 Å². The van der Waals surface area contributed by atoms with Gasteiger partial charge in [0, 0.05) is 12.4 Å². The molecule has 0 saturated carbocycles. The lowest BCUT2D eigenvalue weighted by molar-refractivity contribution is 0.117. The van der Waals surface area contributed by atoms with Crippen molar-refractivity contribution in [2.24, 2.45) is 0 Å². The van der Waals surface area contributed by atoms with Gasteiger partial charge >= 0.3 is 0 Å². The molecule has 0 amide bonds. The molecule has 1 unspecified atom stereocenters. The molecule has 1 aromatic rings. The lowest BCUT2D eigenvalue weighted by atomic mass is 10.0. The largest absolute Gasteiger partial charge is 0.372 e. The van der Waals surface area contributed by atoms with E-state index < -0.39 is 5.60 Å². The molecule has 1 atom stereocenters. The van der Waals surface area contributed by atoms with E-state index in [1.54, 1.807) is 20.0 Å². The average Bonchev–Trinajstić information content (AvgIpc) is 2.22. The Hall–Kier alpha value is -1.40. The SMILES string of the molecule is CC.CC#CC(C)(O)c1cnccn1. The maximum absolute atomic E-state index is 9.71. The lowest BCUT2D eigenvalue weighted by Crippen LogP contribution is -2.20. The number of aliphatic hydroxyl groups is 1. The summed E-state index contributed by atoms with van der Waals surface area (Å²) in [6, 6.07) is 0. The first-order chi connectivity index (χ1) is 6.67. The van der Waals surface area contributed by atoms with Crippen LogP contribution in [-0.2, 0) is 5.60 Å². The van der Waals surface area contributed by atoms with Gasteiger partial charge in [0.1, 0.15) is 5.69 Å². The molecular weight excluding hydrogens is 176 g/mol. The van der Waals surface area contributed by atoms with Crippen molar-refractivity contribution in [1.29, 1.82) is 0 Å². The van der Waals surface area contributed by atoms with Crippen LogP contribution in [-0.4, -0.2) is 15.1 Å². The highest BCUT2D eigenvalue weighted by Crippen LogP contribution is 2.14. The summed E-state index contributed by atoms with van der Waals surface area (Å²) in [5.41, 5.74) is -0.720. The molecule has 0 aromatic carbocycles. The van der Waals surface area contributed by atoms with Crippen molar-refractivity contribution >= 4 is 0 Å². The van der Waals surface area contributed by atoms with Crippen LogP contribution in [0.2, 0.25) is 0 Å². The van der Waals surface area contributed by atoms with Gasteiger partial charge in [0.25, 0.3) is 0 Å². The van der Waals surface area contributed by atoms with Gasteiger partial charge in [-0.25, -0.2) is 0 Å². The van der Waals surface area contributed by atoms with Crippen molar-refractivity contribution in [3.8, 4) is 11.8 Å². The summed E-state index contributed by atoms with van der Waals surface area (Å²) in [7, 11) is 0. The van der Waals surface area contributed by atoms with E-state index in [4.69, 9.17) is 0 Å². The summed E-state index contributed by atoms with van der Waals surface area (Å²) in [6.07, 6.45) is 4.59. The molecule has 0 saturated heterocycles. The van der Waals surface area contributed by atoms with Crippen molar-refractivity contribution in [1.82, 2.24) is 9.97 Å². The van der Waals surface area contributed by atoms with Crippen LogP contribution in [0.1, 0.15) is 33.4 Å². The van der Waals surface area contributed by atoms with Crippen molar-refractivity contribution in [3.05, 3.63) is 24.3 Å². The molecule has 0 aliphatic rings. The first-order valence-corrected chi connectivity index (χ1v) is 4.59. The van der Waals surface area contributed by atoms with E-state index in [1.165, 1.54) is 12.4 Å². The fraction of sp³-hybridized carbons (Fsp3) is 0.455. The average molecular weight is 192 g/mol. The number of hydrogen-bond donors (Lipinski definition) is 1. The van der Waals surface area contributed by atoms with Gasteiger partial charge in [-0.2, -0.15) is 0 Å². The molecule has 0 bridgehead atoms. The summed E-state index contributed by atoms with van der Waals surface area (Å²) in [5, 5.41) is 9.71. The van der Waals surface area contributed by atoms with Crippen LogP contribution in [0.4, 0.5) is 0 Å². The zero-order chi connectivity index (χ0) is 11.0. The first-order valence-electron chi connectivity index (χ1n) is 4.59. The Balaban J connectivity index is 0.000000791. The van der Waals surface area contributed by atoms with Crippen LogP contribution < -0.4 is 0 Å². The molecule has 1 aromatic heterocycles. The van der Waals surface area contributed by atoms with E-state index in [9.17, 15) is 5.11 Å². The molecule has 1 N–H and O–H groups in total. The second-order valence-electron chi connectivity index (χ2n) is 2.54. The van der Waals surface area contributed by atoms with Gasteiger partial charge in [0.2, 0.25) is 0 Å². The van der Waals surface area contributed by atoms with E-state index in [1.807, 2.05) is 13.8 Å². The maximum atomic E-state index is 9.71. The van der Waals surface area contributed by atoms with Gasteiger partial charge < -0.3 is 5.11 Å². The van der Waals surface area contributed by atoms with Gasteiger partial charge in [0.05, 0.1) is 6.20 Å². The van der Waals surface area contributed by atoms with Gasteiger partial charge in [-0.05, 0) is 13.8 Å². The quantitative estimate of drug-likeness (QED) is 0.689. The first kappa shape index (κ1) is 12.6. The van der Waals surface area contributed by atoms with Crippen molar-refractivity contribution in [2.75, 3.05) is 0 Å². The Labute approximate surface area is 85.2 Å². The zero-order valence-electron chi connectivity index (χ0n) is 9.07. The second-order valence-corrected chi connectivity index (χ2v) is 2.54. The molecule has 0 spiro atoms. The third-order valence-electron chi connectivity index (χ3n) is 1.43. The second kappa shape index (κ2) is 6.11. The van der Waals surface area contributed by atoms with Crippen LogP contribution in [0.5, 0.6) is 0 Å². The van der Waals surface area contributed by atoms with E-state index in [-0.39, 0.29) is 0 Å². The maximum Gasteiger partial charge on any atom is 0.166 e. The zero-order valence-corrected chi connectivity index (χ0v) is 9.07. The Kier molecular flexibility index (Phi) is 5.50. The van der Waals surface area contributed by atoms with Crippen LogP contribution in [0.25, 0.3) is 0 Å². The third-order valence-corrected chi connectivity index (χ3v) is 1.43. The highest BCUT2D eigenvalue weighted by Gasteiger charge is 2.21. The fourth-order valence-corrected chi connectivity index (χ4v) is 0.858. The molecule has 1 heterocycles. The van der Waals surface area contributed by atoms with Crippen LogP contribution in [0.3, 0.4) is 0 Å². The van der Waals surface area contributed by atoms with Crippen LogP contribution >= 0.6 is 0 Å². The minimum atomic E-state index is -1.19. The predicted octanol–water partition coefficient (Wildman–Crippen LogP) is 1.73. The monoisotopic (exact) mass is 192 g/mol. The van der Waals surface area contributed by atoms with Gasteiger partial charge in [-0.1, -0.05) is 19.8 Å². The Bertz CT molecular complexity index is 309. The lowest BCUT2D eigenvalue weighted by Gasteiger charge is -2.13. The fourth-order valence-electron chi connectivity index (χ4n) is 0.858. The molecule has 76 valence electrons. The van der Waals surface area contributed by atoms with Crippen LogP contribution in [0.15, 0.2) is 18.6 Å². The van der Waals surface area contributed by atoms with Gasteiger partial charge in [0.15, 0.2) is 5.60 Å². The van der Waals surface area contributed by atoms with Crippen LogP contribution in [0, 0.1) is 11.8 Å². The molecule has 3 heteroatoms. The van der Waals surface area contributed by atoms with E-state index in [0.29, 0.717) is 5.69 Å². The number of nitrogens with zero attached hydrogens (tertiary/aromatic N) is 2. The molecule has 1 rings (SSSR count). The molecular formula is C11H16N2O. The summed E-state index contributed by atoms with van der Waals surface area (Å²) in [4.78, 5) is 7.80. The Morgan fingerprint density at radius 2 is 2.00 bits per heavy atom. The normalized spacial score (nSPS) is 12.6. The van der Waals surface area contributed by atoms with E-state index >= 15 is 0 Å². The van der Waals surface area contributed by atoms with E-state index in [2.05, 4.69) is 21.8 Å². The third kappa shape index (κ3) is 3.55. The summed E-state index contributed by atoms with van der Waals surface area (Å²) in [5.74, 6) is 5.28. The predicted molar refractivity (Wildman–Crippen MR) is 56.4 cm³/mol. The minimum absolute atomic E-state index is 0.472. The highest BCUT2D eigenvalue weighted by molar-refractivity contribution is 5.21. The van der Waals surface area contributed by atoms with Gasteiger partial charge in [-0.3, -0.25) is 9.97 Å². The number of aromatic nitrogens is 2. The standard InChI is InChI=1S/C9H10N2O.C2H6/c1-3-4-9(2,12)8-7-10-5-6-11-8;1-2/h5-7,12H,1-2H3;1-2H3. The minimum Gasteiger partial charge on any atom is -0.372 e. The van der Waals surface area contributed by atoms with Crippen molar-refractivity contribution in [2.45, 2.75) is 33.3 Å². The Morgan fingerprint density at radius 3 is 2.43 bits per heavy atom. The molecule has 0 radical (unpaired) electrons. The van der Waals surface area contributed by atoms with Crippen molar-refractivity contribution < 1.29 is 5.11 Å². The molecule has 14 heavy (non-hydrogen) atoms. The smallest absolute Gasteiger partial charge is 0.166 e.